The first-order valence-electron chi connectivity index (χ1n) is 5.40. The van der Waals surface area contributed by atoms with Crippen molar-refractivity contribution in [2.45, 2.75) is 29.4 Å². The fourth-order valence-electron chi connectivity index (χ4n) is 2.29. The molecule has 1 aliphatic carbocycles. The molecule has 2 unspecified atom stereocenters. The minimum absolute atomic E-state index is 1.71. The number of aromatic nitrogens is 1. The average Bonchev–Trinajstić information content (AvgIpc) is 2.42. The Kier molecular flexibility index (Phi) is 3.44. The third-order valence-corrected chi connectivity index (χ3v) is 3.47. The van der Waals surface area contributed by atoms with E-state index in [4.69, 9.17) is 0 Å². The fraction of sp³-hybridized carbons (Fsp3) is 0.500. The van der Waals surface area contributed by atoms with Crippen molar-refractivity contribution in [2.75, 3.05) is 0 Å². The van der Waals surface area contributed by atoms with Gasteiger partial charge >= 0.3 is 23.7 Å². The van der Waals surface area contributed by atoms with E-state index >= 15 is 0 Å². The number of hydrogen-bond donors (Lipinski definition) is 0. The molecule has 0 N–H and O–H groups in total. The summed E-state index contributed by atoms with van der Waals surface area (Å²) in [5, 5.41) is 0. The maximum absolute atomic E-state index is 14.2. The largest absolute Gasteiger partial charge is 0.432 e. The van der Waals surface area contributed by atoms with Gasteiger partial charge in [-0.3, -0.25) is 0 Å². The molecule has 1 nitrogen and oxygen atoms in total. The van der Waals surface area contributed by atoms with Gasteiger partial charge in [-0.1, -0.05) is 0 Å². The Balaban J connectivity index is 2.96. The minimum Gasteiger partial charge on any atom is -0.227 e. The standard InChI is InChI=1S/C10F13N/c11-2-1(3(12)5(14)24-4(2)13)6(15)7(16,10(21,22)23)9(19,20)8(6,17)18. The van der Waals surface area contributed by atoms with Crippen LogP contribution in [0.1, 0.15) is 5.56 Å². The van der Waals surface area contributed by atoms with Gasteiger partial charge in [-0.15, -0.1) is 0 Å². The highest BCUT2D eigenvalue weighted by atomic mass is 19.4. The molecule has 0 spiro atoms. The van der Waals surface area contributed by atoms with E-state index in [-0.39, 0.29) is 0 Å². The van der Waals surface area contributed by atoms with Gasteiger partial charge in [0.05, 0.1) is 5.56 Å². The molecule has 14 heteroatoms. The van der Waals surface area contributed by atoms with Crippen LogP contribution in [0.3, 0.4) is 0 Å². The van der Waals surface area contributed by atoms with Crippen LogP contribution in [0.4, 0.5) is 57.1 Å². The third-order valence-electron chi connectivity index (χ3n) is 3.47. The summed E-state index contributed by atoms with van der Waals surface area (Å²) in [5.74, 6) is -26.1. The highest BCUT2D eigenvalue weighted by Crippen LogP contribution is 2.76. The number of alkyl halides is 9. The molecular weight excluding hydrogens is 381 g/mol. The normalized spacial score (nSPS) is 31.7. The van der Waals surface area contributed by atoms with Crippen LogP contribution in [0, 0.1) is 23.5 Å². The van der Waals surface area contributed by atoms with Crippen LogP contribution in [0.15, 0.2) is 0 Å². The topological polar surface area (TPSA) is 12.9 Å². The summed E-state index contributed by atoms with van der Waals surface area (Å²) in [6, 6.07) is 0. The Morgan fingerprint density at radius 2 is 1.04 bits per heavy atom. The average molecular weight is 381 g/mol. The highest BCUT2D eigenvalue weighted by molar-refractivity contribution is 5.44. The first-order chi connectivity index (χ1) is 10.5. The number of nitrogens with zero attached hydrogens (tertiary/aromatic N) is 1. The van der Waals surface area contributed by atoms with Gasteiger partial charge in [-0.2, -0.15) is 44.5 Å². The van der Waals surface area contributed by atoms with Gasteiger partial charge in [-0.25, -0.2) is 17.6 Å². The molecule has 0 aliphatic heterocycles. The molecule has 1 fully saturated rings. The number of halogens is 13. The second-order valence-corrected chi connectivity index (χ2v) is 4.66. The lowest BCUT2D eigenvalue weighted by Gasteiger charge is -2.58. The van der Waals surface area contributed by atoms with E-state index in [0.29, 0.717) is 0 Å². The Hall–Kier alpha value is -1.76. The van der Waals surface area contributed by atoms with Gasteiger partial charge in [0, 0.05) is 0 Å². The summed E-state index contributed by atoms with van der Waals surface area (Å²) >= 11 is 0. The molecule has 1 aromatic heterocycles. The molecule has 2 rings (SSSR count). The lowest BCUT2D eigenvalue weighted by atomic mass is 9.57. The van der Waals surface area contributed by atoms with Crippen LogP contribution in [0.2, 0.25) is 0 Å². The predicted molar refractivity (Wildman–Crippen MR) is 46.6 cm³/mol. The zero-order valence-electron chi connectivity index (χ0n) is 10.4. The van der Waals surface area contributed by atoms with Gasteiger partial charge < -0.3 is 0 Å². The Bertz CT molecular complexity index is 683. The number of pyridine rings is 1. The van der Waals surface area contributed by atoms with Gasteiger partial charge in [0.25, 0.3) is 17.6 Å². The molecule has 0 radical (unpaired) electrons. The van der Waals surface area contributed by atoms with E-state index in [1.165, 1.54) is 0 Å². The predicted octanol–water partition coefficient (Wildman–Crippen LogP) is 4.36. The molecule has 24 heavy (non-hydrogen) atoms. The quantitative estimate of drug-likeness (QED) is 0.521. The van der Waals surface area contributed by atoms with Gasteiger partial charge in [0.15, 0.2) is 11.6 Å². The highest BCUT2D eigenvalue weighted by Gasteiger charge is 3.05. The van der Waals surface area contributed by atoms with Crippen LogP contribution in [0.5, 0.6) is 0 Å². The van der Waals surface area contributed by atoms with Crippen molar-refractivity contribution in [3.05, 3.63) is 29.1 Å². The van der Waals surface area contributed by atoms with E-state index in [2.05, 4.69) is 0 Å². The molecule has 1 heterocycles. The lowest BCUT2D eigenvalue weighted by Crippen LogP contribution is -2.88. The van der Waals surface area contributed by atoms with Crippen LogP contribution < -0.4 is 0 Å². The van der Waals surface area contributed by atoms with E-state index < -0.39 is 58.5 Å². The van der Waals surface area contributed by atoms with E-state index in [0.717, 1.165) is 0 Å². The summed E-state index contributed by atoms with van der Waals surface area (Å²) in [5.41, 5.74) is -16.9. The van der Waals surface area contributed by atoms with Crippen LogP contribution in [-0.2, 0) is 5.67 Å². The van der Waals surface area contributed by atoms with E-state index in [1.807, 2.05) is 0 Å². The van der Waals surface area contributed by atoms with Crippen LogP contribution in [0.25, 0.3) is 0 Å². The molecule has 1 aromatic rings. The molecular formula is C10F13N. The summed E-state index contributed by atoms with van der Waals surface area (Å²) in [6.45, 7) is 0. The molecule has 0 aromatic carbocycles. The van der Waals surface area contributed by atoms with E-state index in [9.17, 15) is 57.1 Å². The Morgan fingerprint density at radius 3 is 1.38 bits per heavy atom. The van der Waals surface area contributed by atoms with Gasteiger partial charge in [-0.05, 0) is 0 Å². The lowest BCUT2D eigenvalue weighted by molar-refractivity contribution is -0.497. The molecule has 0 amide bonds. The first-order valence-corrected chi connectivity index (χ1v) is 5.40. The van der Waals surface area contributed by atoms with Crippen molar-refractivity contribution in [3.8, 4) is 0 Å². The second-order valence-electron chi connectivity index (χ2n) is 4.66. The fourth-order valence-corrected chi connectivity index (χ4v) is 2.29. The van der Waals surface area contributed by atoms with Crippen LogP contribution >= 0.6 is 0 Å². The van der Waals surface area contributed by atoms with Gasteiger partial charge in [0.1, 0.15) is 0 Å². The van der Waals surface area contributed by atoms with Crippen molar-refractivity contribution in [2.24, 2.45) is 0 Å². The van der Waals surface area contributed by atoms with Gasteiger partial charge in [0.2, 0.25) is 0 Å². The maximum atomic E-state index is 14.2. The number of hydrogen-bond acceptors (Lipinski definition) is 1. The van der Waals surface area contributed by atoms with Crippen molar-refractivity contribution in [1.29, 1.82) is 0 Å². The Morgan fingerprint density at radius 1 is 0.667 bits per heavy atom. The third kappa shape index (κ3) is 1.56. The summed E-state index contributed by atoms with van der Waals surface area (Å²) in [4.78, 5) is 1.71. The molecule has 1 aliphatic rings. The molecule has 0 saturated heterocycles. The first kappa shape index (κ1) is 18.6. The van der Waals surface area contributed by atoms with Crippen molar-refractivity contribution in [1.82, 2.24) is 4.98 Å². The molecule has 1 saturated carbocycles. The van der Waals surface area contributed by atoms with E-state index in [1.54, 1.807) is 4.98 Å². The maximum Gasteiger partial charge on any atom is 0.432 e. The second kappa shape index (κ2) is 4.45. The zero-order valence-corrected chi connectivity index (χ0v) is 10.4. The summed E-state index contributed by atoms with van der Waals surface area (Å²) < 4.78 is 170. The molecule has 0 bridgehead atoms. The monoisotopic (exact) mass is 381 g/mol. The smallest absolute Gasteiger partial charge is 0.227 e. The Labute approximate surface area is 122 Å². The van der Waals surface area contributed by atoms with Crippen LogP contribution in [-0.4, -0.2) is 28.7 Å². The SMILES string of the molecule is Fc1nc(F)c(F)c(C2(F)C(F)(F)C(F)(F)C2(F)C(F)(F)F)c1F. The summed E-state index contributed by atoms with van der Waals surface area (Å²) in [7, 11) is 0. The number of rotatable bonds is 1. The molecule has 2 atom stereocenters. The molecule has 136 valence electrons. The van der Waals surface area contributed by atoms with Crippen molar-refractivity contribution >= 4 is 0 Å². The minimum atomic E-state index is -7.14. The summed E-state index contributed by atoms with van der Waals surface area (Å²) in [6.07, 6.45) is -7.14. The zero-order chi connectivity index (χ0) is 19.1. The van der Waals surface area contributed by atoms with Crippen molar-refractivity contribution < 1.29 is 57.1 Å². The van der Waals surface area contributed by atoms with Crippen molar-refractivity contribution in [3.63, 3.8) is 0 Å².